The number of nitrogens with one attached hydrogen (secondary N) is 1. The Hall–Kier alpha value is -1.64. The molecule has 1 rings (SSSR count). The largest absolute Gasteiger partial charge is 0.326 e. The smallest absolute Gasteiger partial charge is 0.229 e. The minimum Gasteiger partial charge on any atom is -0.326 e. The zero-order valence-electron chi connectivity index (χ0n) is 7.20. The molecular formula is C10H9NO2. The van der Waals surface area contributed by atoms with E-state index in [4.69, 9.17) is 6.92 Å². The van der Waals surface area contributed by atoms with Gasteiger partial charge in [-0.2, -0.15) is 0 Å². The maximum Gasteiger partial charge on any atom is 0.229 e. The van der Waals surface area contributed by atoms with Gasteiger partial charge in [0.2, 0.25) is 5.91 Å². The average molecular weight is 175 g/mol. The molecule has 2 radical (unpaired) electrons. The SMILES string of the molecule is [CH]C(=O)Nc1ccc(C(C)=O)cc1. The predicted octanol–water partition coefficient (Wildman–Crippen LogP) is 1.54. The Kier molecular flexibility index (Phi) is 2.80. The second-order valence-electron chi connectivity index (χ2n) is 2.62. The number of hydrogen-bond acceptors (Lipinski definition) is 2. The predicted molar refractivity (Wildman–Crippen MR) is 49.4 cm³/mol. The lowest BCUT2D eigenvalue weighted by atomic mass is 10.1. The molecule has 0 aliphatic rings. The summed E-state index contributed by atoms with van der Waals surface area (Å²) in [5, 5.41) is 2.40. The van der Waals surface area contributed by atoms with Gasteiger partial charge in [-0.15, -0.1) is 0 Å². The van der Waals surface area contributed by atoms with Crippen LogP contribution >= 0.6 is 0 Å². The molecule has 0 aliphatic heterocycles. The lowest BCUT2D eigenvalue weighted by molar-refractivity contribution is -0.112. The summed E-state index contributed by atoms with van der Waals surface area (Å²) in [7, 11) is 0. The van der Waals surface area contributed by atoms with Crippen molar-refractivity contribution in [3.05, 3.63) is 36.8 Å². The number of carbonyl (C=O) groups is 2. The van der Waals surface area contributed by atoms with E-state index < -0.39 is 5.91 Å². The molecule has 66 valence electrons. The highest BCUT2D eigenvalue weighted by Gasteiger charge is 1.99. The van der Waals surface area contributed by atoms with E-state index in [1.54, 1.807) is 24.3 Å². The molecule has 3 nitrogen and oxygen atoms in total. The number of rotatable bonds is 2. The maximum atomic E-state index is 10.9. The number of ketones is 1. The molecule has 1 aromatic rings. The van der Waals surface area contributed by atoms with Crippen LogP contribution in [0, 0.1) is 6.92 Å². The summed E-state index contributed by atoms with van der Waals surface area (Å²) in [6, 6.07) is 6.52. The van der Waals surface area contributed by atoms with Gasteiger partial charge in [0.15, 0.2) is 5.78 Å². The summed E-state index contributed by atoms with van der Waals surface area (Å²) in [6.07, 6.45) is 0. The maximum absolute atomic E-state index is 10.9. The van der Waals surface area contributed by atoms with Crippen molar-refractivity contribution in [1.29, 1.82) is 0 Å². The van der Waals surface area contributed by atoms with Gasteiger partial charge in [0.1, 0.15) is 0 Å². The van der Waals surface area contributed by atoms with Crippen LogP contribution in [0.1, 0.15) is 17.3 Å². The number of Topliss-reactive ketones (excluding diaryl/α,β-unsaturated/α-hetero) is 1. The Morgan fingerprint density at radius 3 is 2.15 bits per heavy atom. The van der Waals surface area contributed by atoms with Gasteiger partial charge >= 0.3 is 0 Å². The molecule has 1 aromatic carbocycles. The highest BCUT2D eigenvalue weighted by Crippen LogP contribution is 2.09. The molecule has 0 fully saturated rings. The van der Waals surface area contributed by atoms with Gasteiger partial charge < -0.3 is 5.32 Å². The first-order valence-electron chi connectivity index (χ1n) is 3.77. The lowest BCUT2D eigenvalue weighted by Gasteiger charge is -2.01. The Bertz CT molecular complexity index is 327. The van der Waals surface area contributed by atoms with Crippen molar-refractivity contribution in [3.63, 3.8) is 0 Å². The van der Waals surface area contributed by atoms with Crippen LogP contribution in [-0.2, 0) is 4.79 Å². The fraction of sp³-hybridized carbons (Fsp3) is 0.100. The Labute approximate surface area is 76.8 Å². The Balaban J connectivity index is 2.81. The number of benzene rings is 1. The van der Waals surface area contributed by atoms with Crippen LogP contribution in [0.15, 0.2) is 24.3 Å². The third-order valence-electron chi connectivity index (χ3n) is 1.56. The molecule has 1 N–H and O–H groups in total. The molecule has 0 bridgehead atoms. The van der Waals surface area contributed by atoms with Crippen molar-refractivity contribution in [1.82, 2.24) is 0 Å². The van der Waals surface area contributed by atoms with E-state index in [9.17, 15) is 9.59 Å². The van der Waals surface area contributed by atoms with Gasteiger partial charge in [-0.05, 0) is 31.2 Å². The first-order valence-corrected chi connectivity index (χ1v) is 3.77. The minimum atomic E-state index is -0.615. The monoisotopic (exact) mass is 175 g/mol. The molecule has 0 spiro atoms. The molecule has 0 unspecified atom stereocenters. The molecular weight excluding hydrogens is 166 g/mol. The van der Waals surface area contributed by atoms with Crippen LogP contribution in [0.3, 0.4) is 0 Å². The number of amides is 1. The summed E-state index contributed by atoms with van der Waals surface area (Å²) in [5.41, 5.74) is 1.19. The van der Waals surface area contributed by atoms with Gasteiger partial charge in [-0.1, -0.05) is 0 Å². The van der Waals surface area contributed by atoms with Crippen molar-refractivity contribution in [2.45, 2.75) is 6.92 Å². The molecule has 0 heterocycles. The molecule has 0 aliphatic carbocycles. The first kappa shape index (κ1) is 9.45. The van der Waals surface area contributed by atoms with Gasteiger partial charge in [-0.25, -0.2) is 0 Å². The quantitative estimate of drug-likeness (QED) is 0.693. The van der Waals surface area contributed by atoms with Crippen LogP contribution in [-0.4, -0.2) is 11.7 Å². The van der Waals surface area contributed by atoms with E-state index in [2.05, 4.69) is 5.32 Å². The number of anilines is 1. The zero-order valence-corrected chi connectivity index (χ0v) is 7.20. The van der Waals surface area contributed by atoms with E-state index >= 15 is 0 Å². The molecule has 13 heavy (non-hydrogen) atoms. The van der Waals surface area contributed by atoms with Crippen LogP contribution < -0.4 is 5.32 Å². The Morgan fingerprint density at radius 1 is 1.23 bits per heavy atom. The molecule has 1 amide bonds. The normalized spacial score (nSPS) is 9.38. The fourth-order valence-corrected chi connectivity index (χ4v) is 0.931. The fourth-order valence-electron chi connectivity index (χ4n) is 0.931. The van der Waals surface area contributed by atoms with Crippen LogP contribution in [0.5, 0.6) is 0 Å². The Morgan fingerprint density at radius 2 is 1.77 bits per heavy atom. The van der Waals surface area contributed by atoms with E-state index in [-0.39, 0.29) is 5.78 Å². The topological polar surface area (TPSA) is 46.2 Å². The van der Waals surface area contributed by atoms with E-state index in [0.29, 0.717) is 11.3 Å². The van der Waals surface area contributed by atoms with Crippen LogP contribution in [0.2, 0.25) is 0 Å². The van der Waals surface area contributed by atoms with Gasteiger partial charge in [0.05, 0.1) is 6.92 Å². The second-order valence-corrected chi connectivity index (χ2v) is 2.62. The van der Waals surface area contributed by atoms with Crippen LogP contribution in [0.4, 0.5) is 5.69 Å². The van der Waals surface area contributed by atoms with Crippen LogP contribution in [0.25, 0.3) is 0 Å². The zero-order chi connectivity index (χ0) is 9.84. The minimum absolute atomic E-state index is 0.00868. The first-order chi connectivity index (χ1) is 6.09. The van der Waals surface area contributed by atoms with Crippen molar-refractivity contribution >= 4 is 17.4 Å². The van der Waals surface area contributed by atoms with Crippen molar-refractivity contribution in [2.75, 3.05) is 5.32 Å². The van der Waals surface area contributed by atoms with E-state index in [0.717, 1.165) is 0 Å². The van der Waals surface area contributed by atoms with Gasteiger partial charge in [-0.3, -0.25) is 9.59 Å². The van der Waals surface area contributed by atoms with Crippen molar-refractivity contribution < 1.29 is 9.59 Å². The summed E-state index contributed by atoms with van der Waals surface area (Å²) in [6.45, 7) is 6.39. The molecule has 0 aromatic heterocycles. The van der Waals surface area contributed by atoms with Crippen molar-refractivity contribution in [3.8, 4) is 0 Å². The average Bonchev–Trinajstić information content (AvgIpc) is 2.04. The summed E-state index contributed by atoms with van der Waals surface area (Å²) < 4.78 is 0. The van der Waals surface area contributed by atoms with Crippen molar-refractivity contribution in [2.24, 2.45) is 0 Å². The van der Waals surface area contributed by atoms with E-state index in [1.807, 2.05) is 0 Å². The third kappa shape index (κ3) is 2.71. The lowest BCUT2D eigenvalue weighted by Crippen LogP contribution is -2.06. The summed E-state index contributed by atoms with van der Waals surface area (Å²) >= 11 is 0. The molecule has 0 saturated heterocycles. The number of hydrogen-bond donors (Lipinski definition) is 1. The molecule has 0 saturated carbocycles. The summed E-state index contributed by atoms with van der Waals surface area (Å²) in [4.78, 5) is 21.3. The molecule has 3 heteroatoms. The van der Waals surface area contributed by atoms with Gasteiger partial charge in [0, 0.05) is 11.3 Å². The standard InChI is InChI=1S/C10H9NO2/c1-7(12)9-3-5-10(6-4-9)11-8(2)13/h2-6H,1H3,(H,11,13). The highest BCUT2D eigenvalue weighted by molar-refractivity contribution is 5.96. The van der Waals surface area contributed by atoms with E-state index in [1.165, 1.54) is 6.92 Å². The number of carbonyl (C=O) groups excluding carboxylic acids is 2. The van der Waals surface area contributed by atoms with Gasteiger partial charge in [0.25, 0.3) is 0 Å². The summed E-state index contributed by atoms with van der Waals surface area (Å²) in [5.74, 6) is -0.624. The second kappa shape index (κ2) is 3.85. The highest BCUT2D eigenvalue weighted by atomic mass is 16.1. The third-order valence-corrected chi connectivity index (χ3v) is 1.56. The molecule has 0 atom stereocenters.